The Labute approximate surface area is 137 Å². The molecular formula is C14H14N2O5S2. The van der Waals surface area contributed by atoms with E-state index in [4.69, 9.17) is 0 Å². The average molecular weight is 354 g/mol. The Kier molecular flexibility index (Phi) is 4.81. The molecular weight excluding hydrogens is 340 g/mol. The van der Waals surface area contributed by atoms with Gasteiger partial charge in [-0.15, -0.1) is 0 Å². The van der Waals surface area contributed by atoms with Gasteiger partial charge in [-0.2, -0.15) is 0 Å². The predicted molar refractivity (Wildman–Crippen MR) is 86.4 cm³/mol. The Hall–Kier alpha value is -2.26. The number of carbonyl (C=O) groups is 1. The van der Waals surface area contributed by atoms with Crippen molar-refractivity contribution in [1.29, 1.82) is 0 Å². The third kappa shape index (κ3) is 4.14. The topological polar surface area (TPSA) is 106 Å². The molecule has 1 aromatic heterocycles. The lowest BCUT2D eigenvalue weighted by Crippen LogP contribution is -2.25. The molecule has 0 saturated heterocycles. The maximum absolute atomic E-state index is 12.1. The van der Waals surface area contributed by atoms with E-state index in [1.165, 1.54) is 24.3 Å². The molecule has 0 aliphatic carbocycles. The van der Waals surface area contributed by atoms with Crippen molar-refractivity contribution in [1.82, 2.24) is 5.32 Å². The lowest BCUT2D eigenvalue weighted by molar-refractivity contribution is -0.380. The fourth-order valence-electron chi connectivity index (χ4n) is 1.90. The van der Waals surface area contributed by atoms with Crippen molar-refractivity contribution in [3.63, 3.8) is 0 Å². The Morgan fingerprint density at radius 1 is 1.22 bits per heavy atom. The van der Waals surface area contributed by atoms with Crippen LogP contribution in [0.5, 0.6) is 0 Å². The van der Waals surface area contributed by atoms with Crippen LogP contribution in [-0.4, -0.2) is 25.5 Å². The second-order valence-electron chi connectivity index (χ2n) is 4.93. The SMILES string of the molecule is CC(NC(=O)c1ccc([N+](=O)[O-])s1)c1ccc(S(C)(=O)=O)cc1. The summed E-state index contributed by atoms with van der Waals surface area (Å²) in [6.07, 6.45) is 1.12. The van der Waals surface area contributed by atoms with Gasteiger partial charge in [0.15, 0.2) is 9.84 Å². The molecule has 122 valence electrons. The highest BCUT2D eigenvalue weighted by Crippen LogP contribution is 2.24. The van der Waals surface area contributed by atoms with E-state index >= 15 is 0 Å². The average Bonchev–Trinajstić information content (AvgIpc) is 2.96. The fourth-order valence-corrected chi connectivity index (χ4v) is 3.26. The maximum atomic E-state index is 12.1. The maximum Gasteiger partial charge on any atom is 0.324 e. The summed E-state index contributed by atoms with van der Waals surface area (Å²) in [5.41, 5.74) is 0.733. The number of hydrogen-bond acceptors (Lipinski definition) is 6. The number of thiophene rings is 1. The molecule has 2 aromatic rings. The molecule has 1 unspecified atom stereocenters. The number of carbonyl (C=O) groups excluding carboxylic acids is 1. The molecule has 0 bridgehead atoms. The van der Waals surface area contributed by atoms with Gasteiger partial charge in [0.25, 0.3) is 5.91 Å². The Morgan fingerprint density at radius 3 is 2.30 bits per heavy atom. The minimum absolute atomic E-state index is 0.0969. The van der Waals surface area contributed by atoms with Crippen LogP contribution in [0.2, 0.25) is 0 Å². The van der Waals surface area contributed by atoms with Gasteiger partial charge in [-0.1, -0.05) is 23.5 Å². The molecule has 0 radical (unpaired) electrons. The molecule has 1 N–H and O–H groups in total. The number of nitrogens with zero attached hydrogens (tertiary/aromatic N) is 1. The van der Waals surface area contributed by atoms with Crippen LogP contribution < -0.4 is 5.32 Å². The van der Waals surface area contributed by atoms with E-state index in [0.717, 1.165) is 23.2 Å². The van der Waals surface area contributed by atoms with Crippen molar-refractivity contribution >= 4 is 32.1 Å². The van der Waals surface area contributed by atoms with Gasteiger partial charge in [0.1, 0.15) is 0 Å². The van der Waals surface area contributed by atoms with Crippen molar-refractivity contribution in [3.8, 4) is 0 Å². The monoisotopic (exact) mass is 354 g/mol. The quantitative estimate of drug-likeness (QED) is 0.656. The largest absolute Gasteiger partial charge is 0.345 e. The molecule has 7 nitrogen and oxygen atoms in total. The van der Waals surface area contributed by atoms with Crippen LogP contribution in [0.25, 0.3) is 0 Å². The summed E-state index contributed by atoms with van der Waals surface area (Å²) in [7, 11) is -3.27. The number of nitrogens with one attached hydrogen (secondary N) is 1. The predicted octanol–water partition coefficient (Wildman–Crippen LogP) is 2.55. The van der Waals surface area contributed by atoms with Crippen LogP contribution >= 0.6 is 11.3 Å². The number of benzene rings is 1. The normalized spacial score (nSPS) is 12.6. The molecule has 1 heterocycles. The number of hydrogen-bond donors (Lipinski definition) is 1. The minimum Gasteiger partial charge on any atom is -0.345 e. The summed E-state index contributed by atoms with van der Waals surface area (Å²) < 4.78 is 22.8. The summed E-state index contributed by atoms with van der Waals surface area (Å²) in [6.45, 7) is 1.75. The highest BCUT2D eigenvalue weighted by atomic mass is 32.2. The zero-order valence-electron chi connectivity index (χ0n) is 12.3. The van der Waals surface area contributed by atoms with Crippen LogP contribution in [0.4, 0.5) is 5.00 Å². The van der Waals surface area contributed by atoms with E-state index in [-0.39, 0.29) is 20.8 Å². The van der Waals surface area contributed by atoms with Gasteiger partial charge >= 0.3 is 5.00 Å². The van der Waals surface area contributed by atoms with Crippen LogP contribution in [-0.2, 0) is 9.84 Å². The summed E-state index contributed by atoms with van der Waals surface area (Å²) in [4.78, 5) is 22.6. The van der Waals surface area contributed by atoms with Crippen molar-refractivity contribution in [2.45, 2.75) is 17.9 Å². The van der Waals surface area contributed by atoms with Crippen molar-refractivity contribution in [3.05, 3.63) is 57.0 Å². The Morgan fingerprint density at radius 2 is 1.83 bits per heavy atom. The summed E-state index contributed by atoms with van der Waals surface area (Å²) in [5, 5.41) is 13.3. The first-order valence-electron chi connectivity index (χ1n) is 6.53. The third-order valence-corrected chi connectivity index (χ3v) is 5.32. The first-order chi connectivity index (χ1) is 10.7. The minimum atomic E-state index is -3.27. The van der Waals surface area contributed by atoms with Gasteiger partial charge < -0.3 is 5.32 Å². The molecule has 1 amide bonds. The molecule has 1 atom stereocenters. The molecule has 0 aliphatic rings. The first kappa shape index (κ1) is 17.1. The zero-order valence-corrected chi connectivity index (χ0v) is 14.0. The summed E-state index contributed by atoms with van der Waals surface area (Å²) in [6, 6.07) is 8.52. The van der Waals surface area contributed by atoms with Crippen LogP contribution in [0.1, 0.15) is 28.2 Å². The number of nitro groups is 1. The third-order valence-electron chi connectivity index (χ3n) is 3.15. The lowest BCUT2D eigenvalue weighted by atomic mass is 10.1. The Balaban J connectivity index is 2.10. The van der Waals surface area contributed by atoms with Crippen molar-refractivity contribution in [2.75, 3.05) is 6.26 Å². The Bertz CT molecular complexity index is 840. The molecule has 9 heteroatoms. The van der Waals surface area contributed by atoms with Gasteiger partial charge in [0.05, 0.1) is 20.7 Å². The smallest absolute Gasteiger partial charge is 0.324 e. The zero-order chi connectivity index (χ0) is 17.2. The van der Waals surface area contributed by atoms with Crippen LogP contribution in [0.3, 0.4) is 0 Å². The molecule has 23 heavy (non-hydrogen) atoms. The van der Waals surface area contributed by atoms with Gasteiger partial charge in [0, 0.05) is 12.3 Å². The van der Waals surface area contributed by atoms with E-state index in [1.54, 1.807) is 19.1 Å². The summed E-state index contributed by atoms with van der Waals surface area (Å²) >= 11 is 0.802. The van der Waals surface area contributed by atoms with Crippen LogP contribution in [0.15, 0.2) is 41.3 Å². The molecule has 1 aromatic carbocycles. The fraction of sp³-hybridized carbons (Fsp3) is 0.214. The van der Waals surface area contributed by atoms with Gasteiger partial charge in [0.2, 0.25) is 0 Å². The van der Waals surface area contributed by atoms with Crippen LogP contribution in [0, 0.1) is 10.1 Å². The van der Waals surface area contributed by atoms with Crippen molar-refractivity contribution < 1.29 is 18.1 Å². The van der Waals surface area contributed by atoms with E-state index in [2.05, 4.69) is 5.32 Å². The lowest BCUT2D eigenvalue weighted by Gasteiger charge is -2.14. The molecule has 0 spiro atoms. The molecule has 0 fully saturated rings. The highest BCUT2D eigenvalue weighted by Gasteiger charge is 2.17. The van der Waals surface area contributed by atoms with Gasteiger partial charge in [-0.05, 0) is 30.7 Å². The van der Waals surface area contributed by atoms with E-state index in [1.807, 2.05) is 0 Å². The highest BCUT2D eigenvalue weighted by molar-refractivity contribution is 7.90. The van der Waals surface area contributed by atoms with Gasteiger partial charge in [-0.3, -0.25) is 14.9 Å². The second-order valence-corrected chi connectivity index (χ2v) is 8.01. The molecule has 0 saturated carbocycles. The first-order valence-corrected chi connectivity index (χ1v) is 9.24. The number of amides is 1. The molecule has 0 aliphatic heterocycles. The number of sulfone groups is 1. The second kappa shape index (κ2) is 6.47. The standard InChI is InChI=1S/C14H14N2O5S2/c1-9(10-3-5-11(6-4-10)23(2,20)21)15-14(17)12-7-8-13(22-12)16(18)19/h3-9H,1-2H3,(H,15,17). The van der Waals surface area contributed by atoms with E-state index in [0.29, 0.717) is 0 Å². The number of rotatable bonds is 5. The van der Waals surface area contributed by atoms with Gasteiger partial charge in [-0.25, -0.2) is 8.42 Å². The summed E-state index contributed by atoms with van der Waals surface area (Å²) in [5.74, 6) is -0.414. The van der Waals surface area contributed by atoms with E-state index in [9.17, 15) is 23.3 Å². The van der Waals surface area contributed by atoms with Crippen molar-refractivity contribution in [2.24, 2.45) is 0 Å². The van der Waals surface area contributed by atoms with E-state index < -0.39 is 20.7 Å². The molecule has 2 rings (SSSR count).